The van der Waals surface area contributed by atoms with E-state index in [1.54, 1.807) is 12.1 Å². The van der Waals surface area contributed by atoms with Crippen LogP contribution in [-0.4, -0.2) is 30.3 Å². The fourth-order valence-electron chi connectivity index (χ4n) is 2.51. The average molecular weight is 356 g/mol. The number of fused-ring (bicyclic) bond motifs is 1. The second kappa shape index (κ2) is 8.24. The number of amides is 2. The highest BCUT2D eigenvalue weighted by atomic mass is 16.5. The predicted octanol–water partition coefficient (Wildman–Crippen LogP) is 2.55. The second-order valence-electron chi connectivity index (χ2n) is 5.87. The van der Waals surface area contributed by atoms with Crippen LogP contribution in [0.15, 0.2) is 42.5 Å². The molecule has 0 bridgehead atoms. The highest BCUT2D eigenvalue weighted by molar-refractivity contribution is 5.87. The lowest BCUT2D eigenvalue weighted by atomic mass is 10.1. The molecular weight excluding hydrogens is 336 g/mol. The Kier molecular flexibility index (Phi) is 5.58. The van der Waals surface area contributed by atoms with E-state index in [0.29, 0.717) is 32.1 Å². The van der Waals surface area contributed by atoms with E-state index in [4.69, 9.17) is 14.6 Å². The number of rotatable bonds is 5. The van der Waals surface area contributed by atoms with Gasteiger partial charge in [-0.05, 0) is 35.4 Å². The smallest absolute Gasteiger partial charge is 0.335 e. The summed E-state index contributed by atoms with van der Waals surface area (Å²) in [6.07, 6.45) is 0.845. The summed E-state index contributed by atoms with van der Waals surface area (Å²) < 4.78 is 11.2. The first-order chi connectivity index (χ1) is 12.6. The van der Waals surface area contributed by atoms with E-state index in [1.807, 2.05) is 18.2 Å². The number of benzene rings is 2. The van der Waals surface area contributed by atoms with E-state index in [1.165, 1.54) is 12.1 Å². The molecule has 26 heavy (non-hydrogen) atoms. The minimum atomic E-state index is -0.975. The third-order valence-corrected chi connectivity index (χ3v) is 3.92. The number of ether oxygens (including phenoxy) is 2. The maximum atomic E-state index is 11.9. The molecule has 136 valence electrons. The summed E-state index contributed by atoms with van der Waals surface area (Å²) in [6, 6.07) is 11.7. The molecule has 0 aromatic heterocycles. The SMILES string of the molecule is O=C(NCc1ccc(C(=O)O)cc1)NCc1ccc2c(c1)OCCCO2. The number of hydrogen-bond acceptors (Lipinski definition) is 4. The molecule has 1 aliphatic rings. The summed E-state index contributed by atoms with van der Waals surface area (Å²) in [5, 5.41) is 14.4. The van der Waals surface area contributed by atoms with Crippen molar-refractivity contribution in [3.05, 3.63) is 59.2 Å². The molecule has 0 spiro atoms. The van der Waals surface area contributed by atoms with E-state index in [-0.39, 0.29) is 11.6 Å². The summed E-state index contributed by atoms with van der Waals surface area (Å²) in [6.45, 7) is 1.93. The van der Waals surface area contributed by atoms with E-state index < -0.39 is 5.97 Å². The van der Waals surface area contributed by atoms with Crippen LogP contribution in [-0.2, 0) is 13.1 Å². The van der Waals surface area contributed by atoms with Crippen LogP contribution in [0.3, 0.4) is 0 Å². The number of hydrogen-bond donors (Lipinski definition) is 3. The van der Waals surface area contributed by atoms with Crippen molar-refractivity contribution < 1.29 is 24.2 Å². The number of carboxylic acid groups (broad SMARTS) is 1. The highest BCUT2D eigenvalue weighted by Gasteiger charge is 2.11. The number of carbonyl (C=O) groups is 2. The first-order valence-corrected chi connectivity index (χ1v) is 8.34. The van der Waals surface area contributed by atoms with Crippen molar-refractivity contribution >= 4 is 12.0 Å². The van der Waals surface area contributed by atoms with Crippen LogP contribution in [0.1, 0.15) is 27.9 Å². The summed E-state index contributed by atoms with van der Waals surface area (Å²) >= 11 is 0. The molecule has 0 atom stereocenters. The molecule has 2 aromatic carbocycles. The van der Waals surface area contributed by atoms with E-state index in [0.717, 1.165) is 23.3 Å². The van der Waals surface area contributed by atoms with Gasteiger partial charge in [-0.1, -0.05) is 18.2 Å². The van der Waals surface area contributed by atoms with Gasteiger partial charge in [0, 0.05) is 19.5 Å². The van der Waals surface area contributed by atoms with E-state index >= 15 is 0 Å². The third-order valence-electron chi connectivity index (χ3n) is 3.92. The van der Waals surface area contributed by atoms with Gasteiger partial charge in [0.15, 0.2) is 11.5 Å². The predicted molar refractivity (Wildman–Crippen MR) is 94.5 cm³/mol. The van der Waals surface area contributed by atoms with Gasteiger partial charge in [-0.15, -0.1) is 0 Å². The number of urea groups is 1. The normalized spacial score (nSPS) is 12.8. The van der Waals surface area contributed by atoms with Gasteiger partial charge < -0.3 is 25.2 Å². The largest absolute Gasteiger partial charge is 0.490 e. The zero-order valence-electron chi connectivity index (χ0n) is 14.2. The van der Waals surface area contributed by atoms with Crippen molar-refractivity contribution in [3.8, 4) is 11.5 Å². The fraction of sp³-hybridized carbons (Fsp3) is 0.263. The van der Waals surface area contributed by atoms with Crippen molar-refractivity contribution in [3.63, 3.8) is 0 Å². The van der Waals surface area contributed by atoms with Crippen LogP contribution in [0.25, 0.3) is 0 Å². The van der Waals surface area contributed by atoms with Gasteiger partial charge in [0.25, 0.3) is 0 Å². The molecule has 7 nitrogen and oxygen atoms in total. The van der Waals surface area contributed by atoms with Gasteiger partial charge in [-0.2, -0.15) is 0 Å². The van der Waals surface area contributed by atoms with Gasteiger partial charge in [-0.25, -0.2) is 9.59 Å². The van der Waals surface area contributed by atoms with Gasteiger partial charge in [0.2, 0.25) is 0 Å². The van der Waals surface area contributed by atoms with Crippen LogP contribution in [0.2, 0.25) is 0 Å². The molecule has 2 amide bonds. The van der Waals surface area contributed by atoms with E-state index in [9.17, 15) is 9.59 Å². The molecule has 0 saturated heterocycles. The zero-order valence-corrected chi connectivity index (χ0v) is 14.2. The lowest BCUT2D eigenvalue weighted by Gasteiger charge is -2.11. The molecule has 0 aliphatic carbocycles. The molecule has 7 heteroatoms. The number of aromatic carboxylic acids is 1. The van der Waals surface area contributed by atoms with Gasteiger partial charge in [0.1, 0.15) is 0 Å². The third kappa shape index (κ3) is 4.66. The van der Waals surface area contributed by atoms with Crippen LogP contribution in [0.5, 0.6) is 11.5 Å². The quantitative estimate of drug-likeness (QED) is 0.765. The van der Waals surface area contributed by atoms with Crippen LogP contribution in [0.4, 0.5) is 4.79 Å². The maximum Gasteiger partial charge on any atom is 0.335 e. The molecule has 1 aliphatic heterocycles. The maximum absolute atomic E-state index is 11.9. The van der Waals surface area contributed by atoms with Gasteiger partial charge in [0.05, 0.1) is 18.8 Å². The molecule has 2 aromatic rings. The molecule has 0 unspecified atom stereocenters. The molecule has 3 N–H and O–H groups in total. The van der Waals surface area contributed by atoms with Crippen molar-refractivity contribution in [1.29, 1.82) is 0 Å². The molecule has 0 fully saturated rings. The second-order valence-corrected chi connectivity index (χ2v) is 5.87. The summed E-state index contributed by atoms with van der Waals surface area (Å²) in [5.74, 6) is 0.443. The van der Waals surface area contributed by atoms with Gasteiger partial charge in [-0.3, -0.25) is 0 Å². The summed E-state index contributed by atoms with van der Waals surface area (Å²) in [4.78, 5) is 22.7. The average Bonchev–Trinajstić information content (AvgIpc) is 2.90. The van der Waals surface area contributed by atoms with Crippen LogP contribution in [0, 0.1) is 0 Å². The highest BCUT2D eigenvalue weighted by Crippen LogP contribution is 2.30. The Morgan fingerprint density at radius 2 is 1.50 bits per heavy atom. The topological polar surface area (TPSA) is 96.9 Å². The minimum absolute atomic E-state index is 0.215. The molecule has 3 rings (SSSR count). The zero-order chi connectivity index (χ0) is 18.4. The number of nitrogens with one attached hydrogen (secondary N) is 2. The number of carboxylic acids is 1. The van der Waals surface area contributed by atoms with E-state index in [2.05, 4.69) is 10.6 Å². The van der Waals surface area contributed by atoms with Gasteiger partial charge >= 0.3 is 12.0 Å². The molecule has 0 saturated carbocycles. The monoisotopic (exact) mass is 356 g/mol. The van der Waals surface area contributed by atoms with Crippen LogP contribution < -0.4 is 20.1 Å². The summed E-state index contributed by atoms with van der Waals surface area (Å²) in [5.41, 5.74) is 1.95. The Morgan fingerprint density at radius 1 is 0.885 bits per heavy atom. The fourth-order valence-corrected chi connectivity index (χ4v) is 2.51. The van der Waals surface area contributed by atoms with Crippen molar-refractivity contribution in [2.75, 3.05) is 13.2 Å². The summed E-state index contributed by atoms with van der Waals surface area (Å²) in [7, 11) is 0. The Morgan fingerprint density at radius 3 is 2.19 bits per heavy atom. The minimum Gasteiger partial charge on any atom is -0.490 e. The van der Waals surface area contributed by atoms with Crippen molar-refractivity contribution in [2.24, 2.45) is 0 Å². The molecular formula is C19H20N2O5. The lowest BCUT2D eigenvalue weighted by molar-refractivity contribution is 0.0697. The van der Waals surface area contributed by atoms with Crippen LogP contribution >= 0.6 is 0 Å². The first-order valence-electron chi connectivity index (χ1n) is 8.34. The standard InChI is InChI=1S/C19H20N2O5/c22-18(23)15-5-2-13(3-6-15)11-20-19(24)21-12-14-4-7-16-17(10-14)26-9-1-8-25-16/h2-7,10H,1,8-9,11-12H2,(H,22,23)(H2,20,21,24). The Hall–Kier alpha value is -3.22. The number of carbonyl (C=O) groups excluding carboxylic acids is 1. The lowest BCUT2D eigenvalue weighted by Crippen LogP contribution is -2.34. The Balaban J connectivity index is 1.48. The first kappa shape index (κ1) is 17.6. The van der Waals surface area contributed by atoms with Crippen molar-refractivity contribution in [2.45, 2.75) is 19.5 Å². The Bertz CT molecular complexity index is 789. The van der Waals surface area contributed by atoms with Crippen molar-refractivity contribution in [1.82, 2.24) is 10.6 Å². The molecule has 0 radical (unpaired) electrons. The Labute approximate surface area is 150 Å². The molecule has 1 heterocycles.